The molecule has 3 rings (SSSR count). The van der Waals surface area contributed by atoms with Crippen LogP contribution < -0.4 is 10.6 Å². The van der Waals surface area contributed by atoms with E-state index in [0.29, 0.717) is 12.6 Å². The first-order chi connectivity index (χ1) is 11.3. The number of urea groups is 1. The molecule has 0 unspecified atom stereocenters. The molecule has 1 aromatic rings. The van der Waals surface area contributed by atoms with E-state index in [1.54, 1.807) is 6.20 Å². The van der Waals surface area contributed by atoms with Gasteiger partial charge in [0, 0.05) is 24.8 Å². The van der Waals surface area contributed by atoms with Crippen LogP contribution in [0.25, 0.3) is 0 Å². The van der Waals surface area contributed by atoms with Crippen LogP contribution in [0.4, 0.5) is 4.79 Å². The van der Waals surface area contributed by atoms with Crippen molar-refractivity contribution >= 4 is 6.03 Å². The number of carbonyl (C=O) groups is 1. The standard InChI is InChI=1S/C17H27N5O/c23-17(18-12-14-6-4-10-20-21-14)19-13-16-9-5-11-22(16)15-7-2-1-3-8-15/h4,6,10,15-16H,1-3,5,7-9,11-13H2,(H2,18,19,23)/t16-/m1/s1. The zero-order chi connectivity index (χ0) is 15.9. The second kappa shape index (κ2) is 8.24. The van der Waals surface area contributed by atoms with E-state index >= 15 is 0 Å². The predicted octanol–water partition coefficient (Wildman–Crippen LogP) is 2.07. The molecule has 1 saturated heterocycles. The summed E-state index contributed by atoms with van der Waals surface area (Å²) < 4.78 is 0. The number of nitrogens with zero attached hydrogens (tertiary/aromatic N) is 3. The van der Waals surface area contributed by atoms with Gasteiger partial charge in [-0.2, -0.15) is 10.2 Å². The summed E-state index contributed by atoms with van der Waals surface area (Å²) in [7, 11) is 0. The highest BCUT2D eigenvalue weighted by Gasteiger charge is 2.31. The van der Waals surface area contributed by atoms with E-state index in [9.17, 15) is 4.79 Å². The molecule has 2 aliphatic rings. The third kappa shape index (κ3) is 4.64. The molecule has 2 amide bonds. The lowest BCUT2D eigenvalue weighted by atomic mass is 9.94. The van der Waals surface area contributed by atoms with E-state index in [2.05, 4.69) is 25.7 Å². The lowest BCUT2D eigenvalue weighted by Gasteiger charge is -2.35. The van der Waals surface area contributed by atoms with Crippen molar-refractivity contribution in [1.29, 1.82) is 0 Å². The molecule has 1 saturated carbocycles. The number of carbonyl (C=O) groups excluding carboxylic acids is 1. The number of hydrogen-bond donors (Lipinski definition) is 2. The second-order valence-corrected chi connectivity index (χ2v) is 6.60. The Hall–Kier alpha value is -1.69. The van der Waals surface area contributed by atoms with Crippen LogP contribution in [0.5, 0.6) is 0 Å². The molecule has 0 spiro atoms. The van der Waals surface area contributed by atoms with Gasteiger partial charge in [0.1, 0.15) is 0 Å². The summed E-state index contributed by atoms with van der Waals surface area (Å²) in [6.07, 6.45) is 10.8. The van der Waals surface area contributed by atoms with Crippen molar-refractivity contribution in [3.8, 4) is 0 Å². The van der Waals surface area contributed by atoms with Gasteiger partial charge in [-0.3, -0.25) is 4.90 Å². The largest absolute Gasteiger partial charge is 0.337 e. The maximum absolute atomic E-state index is 12.0. The Morgan fingerprint density at radius 1 is 1.17 bits per heavy atom. The zero-order valence-corrected chi connectivity index (χ0v) is 13.7. The predicted molar refractivity (Wildman–Crippen MR) is 88.9 cm³/mol. The SMILES string of the molecule is O=C(NCc1cccnn1)NC[C@H]1CCCN1C1CCCCC1. The van der Waals surface area contributed by atoms with Crippen molar-refractivity contribution < 1.29 is 4.79 Å². The van der Waals surface area contributed by atoms with Gasteiger partial charge >= 0.3 is 6.03 Å². The first kappa shape index (κ1) is 16.2. The topological polar surface area (TPSA) is 70.1 Å². The molecule has 1 aromatic heterocycles. The first-order valence-corrected chi connectivity index (χ1v) is 8.87. The quantitative estimate of drug-likeness (QED) is 0.872. The highest BCUT2D eigenvalue weighted by molar-refractivity contribution is 5.73. The molecule has 6 nitrogen and oxygen atoms in total. The second-order valence-electron chi connectivity index (χ2n) is 6.60. The van der Waals surface area contributed by atoms with Crippen LogP contribution in [0.1, 0.15) is 50.6 Å². The van der Waals surface area contributed by atoms with Gasteiger partial charge in [-0.05, 0) is 44.4 Å². The Bertz CT molecular complexity index is 489. The van der Waals surface area contributed by atoms with E-state index in [1.807, 2.05) is 12.1 Å². The van der Waals surface area contributed by atoms with Crippen LogP contribution in [-0.2, 0) is 6.54 Å². The summed E-state index contributed by atoms with van der Waals surface area (Å²) in [5, 5.41) is 13.6. The van der Waals surface area contributed by atoms with E-state index in [1.165, 1.54) is 51.5 Å². The van der Waals surface area contributed by atoms with E-state index < -0.39 is 0 Å². The third-order valence-electron chi connectivity index (χ3n) is 5.02. The molecule has 6 heteroatoms. The molecule has 1 aliphatic carbocycles. The van der Waals surface area contributed by atoms with Gasteiger partial charge in [0.15, 0.2) is 0 Å². The summed E-state index contributed by atoms with van der Waals surface area (Å²) in [4.78, 5) is 14.6. The van der Waals surface area contributed by atoms with E-state index in [0.717, 1.165) is 18.3 Å². The number of nitrogens with one attached hydrogen (secondary N) is 2. The minimum absolute atomic E-state index is 0.119. The maximum atomic E-state index is 12.0. The van der Waals surface area contributed by atoms with Crippen molar-refractivity contribution in [2.24, 2.45) is 0 Å². The summed E-state index contributed by atoms with van der Waals surface area (Å²) in [5.41, 5.74) is 0.771. The highest BCUT2D eigenvalue weighted by Crippen LogP contribution is 2.28. The molecule has 1 aliphatic heterocycles. The molecule has 0 aromatic carbocycles. The molecular weight excluding hydrogens is 290 g/mol. The molecule has 2 N–H and O–H groups in total. The fraction of sp³-hybridized carbons (Fsp3) is 0.706. The van der Waals surface area contributed by atoms with Gasteiger partial charge in [0.05, 0.1) is 12.2 Å². The molecule has 0 radical (unpaired) electrons. The lowest BCUT2D eigenvalue weighted by Crippen LogP contribution is -2.47. The van der Waals surface area contributed by atoms with Crippen LogP contribution in [0.15, 0.2) is 18.3 Å². The van der Waals surface area contributed by atoms with Gasteiger partial charge in [-0.15, -0.1) is 0 Å². The molecule has 23 heavy (non-hydrogen) atoms. The summed E-state index contributed by atoms with van der Waals surface area (Å²) in [6, 6.07) is 4.80. The Labute approximate surface area is 138 Å². The maximum Gasteiger partial charge on any atom is 0.315 e. The summed E-state index contributed by atoms with van der Waals surface area (Å²) in [6.45, 7) is 2.34. The minimum Gasteiger partial charge on any atom is -0.337 e. The molecule has 1 atom stereocenters. The van der Waals surface area contributed by atoms with E-state index in [-0.39, 0.29) is 6.03 Å². The van der Waals surface area contributed by atoms with Crippen LogP contribution in [0.3, 0.4) is 0 Å². The van der Waals surface area contributed by atoms with Crippen LogP contribution in [-0.4, -0.2) is 46.3 Å². The fourth-order valence-corrected chi connectivity index (χ4v) is 3.84. The van der Waals surface area contributed by atoms with Crippen LogP contribution in [0, 0.1) is 0 Å². The van der Waals surface area contributed by atoms with Crippen molar-refractivity contribution in [2.45, 2.75) is 63.6 Å². The minimum atomic E-state index is -0.119. The smallest absolute Gasteiger partial charge is 0.315 e. The van der Waals surface area contributed by atoms with Crippen molar-refractivity contribution in [3.05, 3.63) is 24.0 Å². The normalized spacial score (nSPS) is 22.9. The van der Waals surface area contributed by atoms with Gasteiger partial charge in [0.25, 0.3) is 0 Å². The third-order valence-corrected chi connectivity index (χ3v) is 5.02. The molecule has 0 bridgehead atoms. The zero-order valence-electron chi connectivity index (χ0n) is 13.7. The Morgan fingerprint density at radius 3 is 2.83 bits per heavy atom. The fourth-order valence-electron chi connectivity index (χ4n) is 3.84. The van der Waals surface area contributed by atoms with Crippen LogP contribution >= 0.6 is 0 Å². The lowest BCUT2D eigenvalue weighted by molar-refractivity contribution is 0.140. The Balaban J connectivity index is 1.41. The summed E-state index contributed by atoms with van der Waals surface area (Å²) >= 11 is 0. The molecular formula is C17H27N5O. The summed E-state index contributed by atoms with van der Waals surface area (Å²) in [5.74, 6) is 0. The van der Waals surface area contributed by atoms with Gasteiger partial charge in [0.2, 0.25) is 0 Å². The highest BCUT2D eigenvalue weighted by atomic mass is 16.2. The van der Waals surface area contributed by atoms with Crippen molar-refractivity contribution in [2.75, 3.05) is 13.1 Å². The molecule has 2 heterocycles. The van der Waals surface area contributed by atoms with Gasteiger partial charge < -0.3 is 10.6 Å². The monoisotopic (exact) mass is 317 g/mol. The van der Waals surface area contributed by atoms with Gasteiger partial charge in [-0.25, -0.2) is 4.79 Å². The van der Waals surface area contributed by atoms with Crippen LogP contribution in [0.2, 0.25) is 0 Å². The average molecular weight is 317 g/mol. The van der Waals surface area contributed by atoms with E-state index in [4.69, 9.17) is 0 Å². The van der Waals surface area contributed by atoms with Gasteiger partial charge in [-0.1, -0.05) is 19.3 Å². The molecule has 126 valence electrons. The number of aromatic nitrogens is 2. The van der Waals surface area contributed by atoms with Crippen molar-refractivity contribution in [1.82, 2.24) is 25.7 Å². The molecule has 2 fully saturated rings. The van der Waals surface area contributed by atoms with Crippen molar-refractivity contribution in [3.63, 3.8) is 0 Å². The number of rotatable bonds is 5. The first-order valence-electron chi connectivity index (χ1n) is 8.87. The number of amides is 2. The Morgan fingerprint density at radius 2 is 2.04 bits per heavy atom. The number of hydrogen-bond acceptors (Lipinski definition) is 4. The Kier molecular flexibility index (Phi) is 5.80. The number of likely N-dealkylation sites (tertiary alicyclic amines) is 1. The average Bonchev–Trinajstić information content (AvgIpc) is 3.08.